The number of rotatable bonds is 6. The molecule has 0 amide bonds. The van der Waals surface area contributed by atoms with Crippen LogP contribution in [0.4, 0.5) is 0 Å². The Kier molecular flexibility index (Phi) is 14.3. The topological polar surface area (TPSA) is 34.1 Å². The minimum atomic E-state index is -0.242. The molecule has 0 fully saturated rings. The van der Waals surface area contributed by atoms with Crippen LogP contribution >= 0.6 is 0 Å². The molecule has 1 aromatic rings. The Hall–Kier alpha value is -2.22. The summed E-state index contributed by atoms with van der Waals surface area (Å²) in [4.78, 5) is 23.5. The Morgan fingerprint density at radius 3 is 1.95 bits per heavy atom. The first-order chi connectivity index (χ1) is 10.2. The summed E-state index contributed by atoms with van der Waals surface area (Å²) in [5.41, 5.74) is 0.951. The molecule has 0 heterocycles. The Labute approximate surface area is 128 Å². The first-order valence-electron chi connectivity index (χ1n) is 7.25. The molecule has 0 aromatic heterocycles. The minimum absolute atomic E-state index is 0.143. The Morgan fingerprint density at radius 1 is 1.00 bits per heavy atom. The van der Waals surface area contributed by atoms with E-state index in [0.717, 1.165) is 0 Å². The summed E-state index contributed by atoms with van der Waals surface area (Å²) < 4.78 is 0. The summed E-state index contributed by atoms with van der Waals surface area (Å²) in [6, 6.07) is 8.75. The van der Waals surface area contributed by atoms with Gasteiger partial charge in [0.15, 0.2) is 11.6 Å². The van der Waals surface area contributed by atoms with E-state index in [-0.39, 0.29) is 18.0 Å². The lowest BCUT2D eigenvalue weighted by atomic mass is 10.0. The smallest absolute Gasteiger partial charge is 0.170 e. The number of benzene rings is 1. The van der Waals surface area contributed by atoms with Crippen LogP contribution in [0.5, 0.6) is 0 Å². The van der Waals surface area contributed by atoms with E-state index in [1.165, 1.54) is 12.2 Å². The van der Waals surface area contributed by atoms with Gasteiger partial charge in [-0.2, -0.15) is 0 Å². The average molecular weight is 286 g/mol. The van der Waals surface area contributed by atoms with Crippen molar-refractivity contribution >= 4 is 11.6 Å². The normalized spacial score (nSPS) is 9.24. The molecule has 1 aromatic carbocycles. The fraction of sp³-hybridized carbons (Fsp3) is 0.263. The van der Waals surface area contributed by atoms with Crippen molar-refractivity contribution in [1.82, 2.24) is 0 Å². The Bertz CT molecular complexity index is 468. The maximum Gasteiger partial charge on any atom is 0.170 e. The molecule has 0 unspecified atom stereocenters. The van der Waals surface area contributed by atoms with E-state index in [1.54, 1.807) is 30.3 Å². The van der Waals surface area contributed by atoms with Crippen molar-refractivity contribution in [2.45, 2.75) is 34.1 Å². The molecule has 1 rings (SSSR count). The molecule has 0 radical (unpaired) electrons. The van der Waals surface area contributed by atoms with Crippen molar-refractivity contribution in [3.05, 3.63) is 72.9 Å². The summed E-state index contributed by atoms with van der Waals surface area (Å²) in [6.07, 6.45) is 4.34. The Morgan fingerprint density at radius 2 is 1.52 bits per heavy atom. The van der Waals surface area contributed by atoms with Crippen LogP contribution in [0.25, 0.3) is 0 Å². The molecule has 0 bridgehead atoms. The van der Waals surface area contributed by atoms with E-state index < -0.39 is 0 Å². The van der Waals surface area contributed by atoms with Crippen molar-refractivity contribution in [2.24, 2.45) is 0 Å². The molecule has 0 atom stereocenters. The largest absolute Gasteiger partial charge is 0.294 e. The maximum atomic E-state index is 11.8. The molecular weight excluding hydrogens is 260 g/mol. The molecule has 21 heavy (non-hydrogen) atoms. The fourth-order valence-electron chi connectivity index (χ4n) is 1.38. The first-order valence-corrected chi connectivity index (χ1v) is 7.25. The monoisotopic (exact) mass is 286 g/mol. The van der Waals surface area contributed by atoms with Crippen molar-refractivity contribution in [1.29, 1.82) is 0 Å². The molecule has 0 aliphatic carbocycles. The third kappa shape index (κ3) is 8.53. The highest BCUT2D eigenvalue weighted by molar-refractivity contribution is 6.14. The molecule has 0 saturated heterocycles. The van der Waals surface area contributed by atoms with Gasteiger partial charge in [-0.3, -0.25) is 9.59 Å². The molecule has 0 N–H and O–H groups in total. The third-order valence-corrected chi connectivity index (χ3v) is 2.26. The average Bonchev–Trinajstić information content (AvgIpc) is 2.57. The van der Waals surface area contributed by atoms with E-state index in [4.69, 9.17) is 0 Å². The zero-order chi connectivity index (χ0) is 16.7. The lowest BCUT2D eigenvalue weighted by Gasteiger charge is -2.01. The SMILES string of the molecule is C=C/C=C(\C=C)C(=O)CC(=O)c1ccccc1.CC.CC. The van der Waals surface area contributed by atoms with E-state index in [0.29, 0.717) is 11.1 Å². The van der Waals surface area contributed by atoms with Crippen molar-refractivity contribution < 1.29 is 9.59 Å². The molecule has 0 saturated carbocycles. The minimum Gasteiger partial charge on any atom is -0.294 e. The van der Waals surface area contributed by atoms with Crippen molar-refractivity contribution in [3.63, 3.8) is 0 Å². The van der Waals surface area contributed by atoms with Crippen LogP contribution in [-0.2, 0) is 4.79 Å². The van der Waals surface area contributed by atoms with E-state index in [9.17, 15) is 9.59 Å². The lowest BCUT2D eigenvalue weighted by molar-refractivity contribution is -0.114. The molecule has 2 heteroatoms. The van der Waals surface area contributed by atoms with Gasteiger partial charge in [-0.25, -0.2) is 0 Å². The van der Waals surface area contributed by atoms with Crippen LogP contribution in [0.2, 0.25) is 0 Å². The van der Waals surface area contributed by atoms with E-state index in [1.807, 2.05) is 33.8 Å². The molecule has 0 aliphatic rings. The van der Waals surface area contributed by atoms with Gasteiger partial charge >= 0.3 is 0 Å². The predicted octanol–water partition coefficient (Wildman–Crippen LogP) is 5.18. The second-order valence-corrected chi connectivity index (χ2v) is 3.45. The van der Waals surface area contributed by atoms with Gasteiger partial charge in [0.1, 0.15) is 0 Å². The zero-order valence-corrected chi connectivity index (χ0v) is 13.6. The highest BCUT2D eigenvalue weighted by Gasteiger charge is 2.13. The molecular formula is C19H26O2. The van der Waals surface area contributed by atoms with Gasteiger partial charge in [0, 0.05) is 11.1 Å². The predicted molar refractivity (Wildman–Crippen MR) is 91.6 cm³/mol. The highest BCUT2D eigenvalue weighted by atomic mass is 16.1. The van der Waals surface area contributed by atoms with Gasteiger partial charge in [-0.05, 0) is 0 Å². The van der Waals surface area contributed by atoms with Crippen LogP contribution in [-0.4, -0.2) is 11.6 Å². The summed E-state index contributed by atoms with van der Waals surface area (Å²) in [5.74, 6) is -0.429. The quantitative estimate of drug-likeness (QED) is 0.312. The van der Waals surface area contributed by atoms with Gasteiger partial charge in [0.2, 0.25) is 0 Å². The number of Topliss-reactive ketones (excluding diaryl/α,β-unsaturated/α-hetero) is 2. The number of allylic oxidation sites excluding steroid dienone is 4. The van der Waals surface area contributed by atoms with E-state index in [2.05, 4.69) is 13.2 Å². The molecule has 0 spiro atoms. The van der Waals surface area contributed by atoms with Gasteiger partial charge in [-0.1, -0.05) is 89.4 Å². The van der Waals surface area contributed by atoms with Crippen LogP contribution < -0.4 is 0 Å². The number of carbonyl (C=O) groups is 2. The number of hydrogen-bond acceptors (Lipinski definition) is 2. The second kappa shape index (κ2) is 14.2. The van der Waals surface area contributed by atoms with Crippen LogP contribution in [0.15, 0.2) is 67.3 Å². The fourth-order valence-corrected chi connectivity index (χ4v) is 1.38. The summed E-state index contributed by atoms with van der Waals surface area (Å²) in [7, 11) is 0. The van der Waals surface area contributed by atoms with Gasteiger partial charge in [-0.15, -0.1) is 0 Å². The van der Waals surface area contributed by atoms with Crippen LogP contribution in [0, 0.1) is 0 Å². The van der Waals surface area contributed by atoms with Crippen LogP contribution in [0.3, 0.4) is 0 Å². The summed E-state index contributed by atoms with van der Waals surface area (Å²) in [5, 5.41) is 0. The zero-order valence-electron chi connectivity index (χ0n) is 13.6. The third-order valence-electron chi connectivity index (χ3n) is 2.26. The highest BCUT2D eigenvalue weighted by Crippen LogP contribution is 2.08. The molecule has 114 valence electrons. The molecule has 2 nitrogen and oxygen atoms in total. The number of ketones is 2. The Balaban J connectivity index is 0. The number of carbonyl (C=O) groups excluding carboxylic acids is 2. The second-order valence-electron chi connectivity index (χ2n) is 3.45. The van der Waals surface area contributed by atoms with Crippen molar-refractivity contribution in [3.8, 4) is 0 Å². The van der Waals surface area contributed by atoms with Crippen LogP contribution in [0.1, 0.15) is 44.5 Å². The standard InChI is InChI=1S/C15H14O2.2C2H6/c1-3-8-12(4-2)14(16)11-15(17)13-9-6-5-7-10-13;2*1-2/h3-10H,1-2,11H2;2*1-2H3/b12-8+;;. The lowest BCUT2D eigenvalue weighted by Crippen LogP contribution is -2.09. The van der Waals surface area contributed by atoms with Gasteiger partial charge < -0.3 is 0 Å². The van der Waals surface area contributed by atoms with Gasteiger partial charge in [0.25, 0.3) is 0 Å². The number of hydrogen-bond donors (Lipinski definition) is 0. The first kappa shape index (κ1) is 21.1. The van der Waals surface area contributed by atoms with Crippen molar-refractivity contribution in [2.75, 3.05) is 0 Å². The summed E-state index contributed by atoms with van der Waals surface area (Å²) in [6.45, 7) is 15.0. The van der Waals surface area contributed by atoms with Gasteiger partial charge in [0.05, 0.1) is 6.42 Å². The van der Waals surface area contributed by atoms with E-state index >= 15 is 0 Å². The molecule has 0 aliphatic heterocycles. The summed E-state index contributed by atoms with van der Waals surface area (Å²) >= 11 is 0. The maximum absolute atomic E-state index is 11.8.